The van der Waals surface area contributed by atoms with Gasteiger partial charge in [0.1, 0.15) is 5.82 Å². The summed E-state index contributed by atoms with van der Waals surface area (Å²) >= 11 is 6.40. The minimum absolute atomic E-state index is 0.752. The Kier molecular flexibility index (Phi) is 3.84. The molecule has 0 saturated heterocycles. The molecule has 0 fully saturated rings. The molecule has 0 amide bonds. The zero-order valence-electron chi connectivity index (χ0n) is 12.2. The molecular formula is C17H18ClN3. The minimum atomic E-state index is 0.752. The second-order valence-electron chi connectivity index (χ2n) is 4.99. The Bertz CT molecular complexity index is 777. The highest BCUT2D eigenvalue weighted by Gasteiger charge is 2.16. The van der Waals surface area contributed by atoms with Gasteiger partial charge >= 0.3 is 0 Å². The van der Waals surface area contributed by atoms with Gasteiger partial charge in [-0.1, -0.05) is 36.7 Å². The molecule has 0 aliphatic rings. The maximum atomic E-state index is 6.40. The topological polar surface area (TPSA) is 29.9 Å². The molecule has 0 aliphatic heterocycles. The molecule has 1 aromatic heterocycles. The number of anilines is 1. The van der Waals surface area contributed by atoms with Gasteiger partial charge in [0.15, 0.2) is 0 Å². The van der Waals surface area contributed by atoms with Crippen LogP contribution < -0.4 is 5.32 Å². The average Bonchev–Trinajstić information content (AvgIpc) is 2.87. The molecule has 3 nitrogen and oxygen atoms in total. The number of fused-ring (bicyclic) bond motifs is 1. The number of rotatable bonds is 4. The molecule has 4 heteroatoms. The van der Waals surface area contributed by atoms with E-state index in [0.717, 1.165) is 46.1 Å². The Morgan fingerprint density at radius 3 is 2.71 bits per heavy atom. The second-order valence-corrected chi connectivity index (χ2v) is 5.40. The van der Waals surface area contributed by atoms with Crippen LogP contribution in [-0.2, 0) is 6.54 Å². The average molecular weight is 300 g/mol. The van der Waals surface area contributed by atoms with Crippen LogP contribution in [0.4, 0.5) is 5.69 Å². The molecule has 0 aliphatic carbocycles. The predicted octanol–water partition coefficient (Wildman–Crippen LogP) is 4.81. The van der Waals surface area contributed by atoms with E-state index in [2.05, 4.69) is 28.9 Å². The molecule has 0 radical (unpaired) electrons. The number of para-hydroxylation sites is 2. The molecule has 3 rings (SSSR count). The Balaban J connectivity index is 2.31. The molecular weight excluding hydrogens is 282 g/mol. The summed E-state index contributed by atoms with van der Waals surface area (Å²) in [6, 6.07) is 14.1. The van der Waals surface area contributed by atoms with Gasteiger partial charge in [-0.2, -0.15) is 0 Å². The molecule has 0 spiro atoms. The van der Waals surface area contributed by atoms with Gasteiger partial charge < -0.3 is 9.88 Å². The zero-order valence-corrected chi connectivity index (χ0v) is 13.0. The molecule has 0 saturated carbocycles. The second kappa shape index (κ2) is 5.78. The first-order valence-corrected chi connectivity index (χ1v) is 7.56. The van der Waals surface area contributed by atoms with E-state index >= 15 is 0 Å². The number of hydrogen-bond acceptors (Lipinski definition) is 2. The molecule has 1 heterocycles. The largest absolute Gasteiger partial charge is 0.388 e. The summed E-state index contributed by atoms with van der Waals surface area (Å²) in [5.41, 5.74) is 4.13. The van der Waals surface area contributed by atoms with E-state index in [1.165, 1.54) is 0 Å². The molecule has 1 N–H and O–H groups in total. The van der Waals surface area contributed by atoms with Gasteiger partial charge in [0, 0.05) is 24.8 Å². The van der Waals surface area contributed by atoms with Crippen molar-refractivity contribution in [3.8, 4) is 11.4 Å². The zero-order chi connectivity index (χ0) is 14.8. The number of imidazole rings is 1. The molecule has 0 unspecified atom stereocenters. The Hall–Kier alpha value is -2.00. The summed E-state index contributed by atoms with van der Waals surface area (Å²) < 4.78 is 2.22. The number of aryl methyl sites for hydroxylation is 1. The van der Waals surface area contributed by atoms with Crippen molar-refractivity contribution in [1.82, 2.24) is 9.55 Å². The van der Waals surface area contributed by atoms with Gasteiger partial charge in [0.25, 0.3) is 0 Å². The van der Waals surface area contributed by atoms with Crippen LogP contribution in [0.25, 0.3) is 22.4 Å². The van der Waals surface area contributed by atoms with Crippen LogP contribution in [-0.4, -0.2) is 16.6 Å². The Labute approximate surface area is 129 Å². The highest BCUT2D eigenvalue weighted by atomic mass is 35.5. The quantitative estimate of drug-likeness (QED) is 0.749. The van der Waals surface area contributed by atoms with E-state index in [1.807, 2.05) is 37.4 Å². The van der Waals surface area contributed by atoms with E-state index in [4.69, 9.17) is 16.6 Å². The van der Waals surface area contributed by atoms with Crippen molar-refractivity contribution in [2.24, 2.45) is 0 Å². The summed E-state index contributed by atoms with van der Waals surface area (Å²) in [5, 5.41) is 3.99. The maximum Gasteiger partial charge on any atom is 0.143 e. The number of halogens is 1. The van der Waals surface area contributed by atoms with Crippen molar-refractivity contribution in [1.29, 1.82) is 0 Å². The van der Waals surface area contributed by atoms with Crippen LogP contribution >= 0.6 is 11.6 Å². The normalized spacial score (nSPS) is 11.0. The number of benzene rings is 2. The number of nitrogens with zero attached hydrogens (tertiary/aromatic N) is 2. The van der Waals surface area contributed by atoms with Gasteiger partial charge in [-0.25, -0.2) is 4.98 Å². The Morgan fingerprint density at radius 2 is 1.95 bits per heavy atom. The predicted molar refractivity (Wildman–Crippen MR) is 90.0 cm³/mol. The minimum Gasteiger partial charge on any atom is -0.388 e. The molecule has 2 aromatic carbocycles. The van der Waals surface area contributed by atoms with Crippen LogP contribution in [0.5, 0.6) is 0 Å². The van der Waals surface area contributed by atoms with Crippen molar-refractivity contribution >= 4 is 28.3 Å². The monoisotopic (exact) mass is 299 g/mol. The van der Waals surface area contributed by atoms with Crippen LogP contribution in [0.2, 0.25) is 5.02 Å². The SMILES string of the molecule is CCCn1c(-c2ccccc2NC)nc2cccc(Cl)c21. The lowest BCUT2D eigenvalue weighted by atomic mass is 10.1. The van der Waals surface area contributed by atoms with Crippen molar-refractivity contribution < 1.29 is 0 Å². The summed E-state index contributed by atoms with van der Waals surface area (Å²) in [6.45, 7) is 3.06. The lowest BCUT2D eigenvalue weighted by Gasteiger charge is -2.12. The van der Waals surface area contributed by atoms with Crippen LogP contribution in [0.3, 0.4) is 0 Å². The highest BCUT2D eigenvalue weighted by Crippen LogP contribution is 2.33. The third kappa shape index (κ3) is 2.38. The van der Waals surface area contributed by atoms with Crippen LogP contribution in [0, 0.1) is 0 Å². The van der Waals surface area contributed by atoms with Crippen LogP contribution in [0.1, 0.15) is 13.3 Å². The number of hydrogen-bond donors (Lipinski definition) is 1. The molecule has 0 atom stereocenters. The summed E-state index contributed by atoms with van der Waals surface area (Å²) in [5.74, 6) is 0.963. The smallest absolute Gasteiger partial charge is 0.143 e. The summed E-state index contributed by atoms with van der Waals surface area (Å²) in [7, 11) is 1.93. The number of aromatic nitrogens is 2. The first-order chi connectivity index (χ1) is 10.3. The van der Waals surface area contributed by atoms with Gasteiger partial charge in [0.2, 0.25) is 0 Å². The lowest BCUT2D eigenvalue weighted by Crippen LogP contribution is -2.02. The van der Waals surface area contributed by atoms with E-state index in [1.54, 1.807) is 0 Å². The first-order valence-electron chi connectivity index (χ1n) is 7.18. The Morgan fingerprint density at radius 1 is 1.14 bits per heavy atom. The lowest BCUT2D eigenvalue weighted by molar-refractivity contribution is 0.704. The van der Waals surface area contributed by atoms with Crippen molar-refractivity contribution in [2.45, 2.75) is 19.9 Å². The molecule has 108 valence electrons. The van der Waals surface area contributed by atoms with E-state index in [0.29, 0.717) is 0 Å². The third-order valence-electron chi connectivity index (χ3n) is 3.60. The fourth-order valence-corrected chi connectivity index (χ4v) is 2.96. The molecule has 21 heavy (non-hydrogen) atoms. The van der Waals surface area contributed by atoms with Gasteiger partial charge in [-0.3, -0.25) is 0 Å². The van der Waals surface area contributed by atoms with Crippen LogP contribution in [0.15, 0.2) is 42.5 Å². The standard InChI is InChI=1S/C17H18ClN3/c1-3-11-21-16-13(18)8-6-10-15(16)20-17(21)12-7-4-5-9-14(12)19-2/h4-10,19H,3,11H2,1-2H3. The summed E-state index contributed by atoms with van der Waals surface area (Å²) in [6.07, 6.45) is 1.03. The molecule has 0 bridgehead atoms. The summed E-state index contributed by atoms with van der Waals surface area (Å²) in [4.78, 5) is 4.81. The van der Waals surface area contributed by atoms with E-state index in [-0.39, 0.29) is 0 Å². The van der Waals surface area contributed by atoms with Crippen molar-refractivity contribution in [3.05, 3.63) is 47.5 Å². The highest BCUT2D eigenvalue weighted by molar-refractivity contribution is 6.35. The fraction of sp³-hybridized carbons (Fsp3) is 0.235. The van der Waals surface area contributed by atoms with Gasteiger partial charge in [0.05, 0.1) is 16.1 Å². The maximum absolute atomic E-state index is 6.40. The number of nitrogens with one attached hydrogen (secondary N) is 1. The first kappa shape index (κ1) is 14.0. The third-order valence-corrected chi connectivity index (χ3v) is 3.91. The van der Waals surface area contributed by atoms with Crippen molar-refractivity contribution in [3.63, 3.8) is 0 Å². The van der Waals surface area contributed by atoms with Gasteiger partial charge in [-0.05, 0) is 30.7 Å². The van der Waals surface area contributed by atoms with Gasteiger partial charge in [-0.15, -0.1) is 0 Å². The fourth-order valence-electron chi connectivity index (χ4n) is 2.68. The van der Waals surface area contributed by atoms with E-state index in [9.17, 15) is 0 Å². The van der Waals surface area contributed by atoms with E-state index < -0.39 is 0 Å². The van der Waals surface area contributed by atoms with Crippen molar-refractivity contribution in [2.75, 3.05) is 12.4 Å². The molecule has 3 aromatic rings.